The van der Waals surface area contributed by atoms with E-state index in [0.717, 1.165) is 43.4 Å². The molecule has 1 aromatic heterocycles. The van der Waals surface area contributed by atoms with Crippen LogP contribution < -0.4 is 4.74 Å². The Morgan fingerprint density at radius 2 is 1.96 bits per heavy atom. The lowest BCUT2D eigenvalue weighted by atomic mass is 10.2. The summed E-state index contributed by atoms with van der Waals surface area (Å²) in [5.41, 5.74) is 1.11. The van der Waals surface area contributed by atoms with Crippen molar-refractivity contribution < 1.29 is 9.53 Å². The highest BCUT2D eigenvalue weighted by atomic mass is 35.5. The number of piperazine rings is 1. The van der Waals surface area contributed by atoms with Crippen LogP contribution in [0.3, 0.4) is 0 Å². The number of hydrogen-bond acceptors (Lipinski definition) is 5. The maximum absolute atomic E-state index is 12.6. The summed E-state index contributed by atoms with van der Waals surface area (Å²) < 4.78 is 5.74. The number of thiazole rings is 1. The molecule has 7 heteroatoms. The maximum atomic E-state index is 12.6. The molecule has 1 atom stereocenters. The minimum Gasteiger partial charge on any atom is -0.481 e. The summed E-state index contributed by atoms with van der Waals surface area (Å²) in [7, 11) is 0. The monoisotopic (exact) mass is 379 g/mol. The molecule has 1 aliphatic heterocycles. The zero-order valence-corrected chi connectivity index (χ0v) is 16.0. The molecule has 1 aromatic carbocycles. The van der Waals surface area contributed by atoms with Crippen molar-refractivity contribution in [2.45, 2.75) is 26.5 Å². The molecule has 25 heavy (non-hydrogen) atoms. The van der Waals surface area contributed by atoms with E-state index in [-0.39, 0.29) is 5.91 Å². The van der Waals surface area contributed by atoms with Gasteiger partial charge in [-0.05, 0) is 38.1 Å². The van der Waals surface area contributed by atoms with E-state index >= 15 is 0 Å². The fraction of sp³-hybridized carbons (Fsp3) is 0.444. The van der Waals surface area contributed by atoms with Gasteiger partial charge in [-0.1, -0.05) is 11.6 Å². The Labute approximate surface area is 157 Å². The number of hydrogen-bond donors (Lipinski definition) is 0. The number of aryl methyl sites for hydroxylation is 1. The van der Waals surface area contributed by atoms with E-state index in [9.17, 15) is 4.79 Å². The fourth-order valence-corrected chi connectivity index (χ4v) is 3.59. The van der Waals surface area contributed by atoms with Crippen molar-refractivity contribution in [3.05, 3.63) is 45.4 Å². The van der Waals surface area contributed by atoms with E-state index in [4.69, 9.17) is 16.3 Å². The molecule has 1 saturated heterocycles. The van der Waals surface area contributed by atoms with Gasteiger partial charge in [0, 0.05) is 43.1 Å². The number of carbonyl (C=O) groups excluding carboxylic acids is 1. The van der Waals surface area contributed by atoms with Crippen molar-refractivity contribution >= 4 is 28.8 Å². The Morgan fingerprint density at radius 3 is 2.56 bits per heavy atom. The van der Waals surface area contributed by atoms with Crippen LogP contribution in [0, 0.1) is 6.92 Å². The number of rotatable bonds is 5. The van der Waals surface area contributed by atoms with Gasteiger partial charge < -0.3 is 9.64 Å². The van der Waals surface area contributed by atoms with Crippen molar-refractivity contribution in [2.75, 3.05) is 26.2 Å². The average molecular weight is 380 g/mol. The summed E-state index contributed by atoms with van der Waals surface area (Å²) >= 11 is 7.54. The molecular formula is C18H22ClN3O2S. The van der Waals surface area contributed by atoms with E-state index in [1.807, 2.05) is 11.8 Å². The largest absolute Gasteiger partial charge is 0.481 e. The van der Waals surface area contributed by atoms with Crippen molar-refractivity contribution in [3.8, 4) is 5.75 Å². The van der Waals surface area contributed by atoms with Gasteiger partial charge in [-0.15, -0.1) is 11.3 Å². The summed E-state index contributed by atoms with van der Waals surface area (Å²) in [6, 6.07) is 7.07. The number of amides is 1. The third-order valence-corrected chi connectivity index (χ3v) is 5.28. The van der Waals surface area contributed by atoms with E-state index in [2.05, 4.69) is 15.3 Å². The zero-order valence-electron chi connectivity index (χ0n) is 14.4. The number of ether oxygens (including phenoxy) is 1. The van der Waals surface area contributed by atoms with E-state index < -0.39 is 6.10 Å². The molecule has 1 amide bonds. The standard InChI is InChI=1S/C18H22ClN3O2S/c1-13(24-17-5-3-15(19)4-6-17)18(23)22-9-7-21(8-10-22)11-16-12-25-14(2)20-16/h3-6,12-13H,7-11H2,1-2H3. The molecule has 1 unspecified atom stereocenters. The van der Waals surface area contributed by atoms with Crippen molar-refractivity contribution in [1.82, 2.24) is 14.8 Å². The smallest absolute Gasteiger partial charge is 0.263 e. The van der Waals surface area contributed by atoms with Gasteiger partial charge in [-0.2, -0.15) is 0 Å². The van der Waals surface area contributed by atoms with Gasteiger partial charge in [0.25, 0.3) is 5.91 Å². The van der Waals surface area contributed by atoms with E-state index in [1.165, 1.54) is 0 Å². The normalized spacial score (nSPS) is 16.7. The van der Waals surface area contributed by atoms with Crippen LogP contribution >= 0.6 is 22.9 Å². The minimum atomic E-state index is -0.506. The van der Waals surface area contributed by atoms with Crippen molar-refractivity contribution in [3.63, 3.8) is 0 Å². The zero-order chi connectivity index (χ0) is 17.8. The molecule has 0 spiro atoms. The second-order valence-corrected chi connectivity index (χ2v) is 7.67. The van der Waals surface area contributed by atoms with E-state index in [1.54, 1.807) is 42.5 Å². The van der Waals surface area contributed by atoms with Crippen LogP contribution in [-0.2, 0) is 11.3 Å². The lowest BCUT2D eigenvalue weighted by molar-refractivity contribution is -0.139. The number of nitrogens with zero attached hydrogens (tertiary/aromatic N) is 3. The predicted molar refractivity (Wildman–Crippen MR) is 100 cm³/mol. The summed E-state index contributed by atoms with van der Waals surface area (Å²) in [6.45, 7) is 7.82. The van der Waals surface area contributed by atoms with Crippen LogP contribution in [0.4, 0.5) is 0 Å². The summed E-state index contributed by atoms with van der Waals surface area (Å²) in [6.07, 6.45) is -0.506. The number of aromatic nitrogens is 1. The Kier molecular flexibility index (Phi) is 5.93. The third kappa shape index (κ3) is 4.93. The van der Waals surface area contributed by atoms with Crippen LogP contribution in [0.5, 0.6) is 5.75 Å². The first-order chi connectivity index (χ1) is 12.0. The molecule has 134 valence electrons. The minimum absolute atomic E-state index is 0.0269. The molecular weight excluding hydrogens is 358 g/mol. The molecule has 1 aliphatic rings. The molecule has 1 fully saturated rings. The lowest BCUT2D eigenvalue weighted by Gasteiger charge is -2.35. The van der Waals surface area contributed by atoms with Gasteiger partial charge in [0.1, 0.15) is 5.75 Å². The predicted octanol–water partition coefficient (Wildman–Crippen LogP) is 3.22. The Balaban J connectivity index is 1.48. The second-order valence-electron chi connectivity index (χ2n) is 6.17. The highest BCUT2D eigenvalue weighted by molar-refractivity contribution is 7.09. The van der Waals surface area contributed by atoms with E-state index in [0.29, 0.717) is 10.8 Å². The summed E-state index contributed by atoms with van der Waals surface area (Å²) in [4.78, 5) is 21.3. The quantitative estimate of drug-likeness (QED) is 0.800. The first-order valence-electron chi connectivity index (χ1n) is 8.35. The average Bonchev–Trinajstić information content (AvgIpc) is 3.02. The Hall–Kier alpha value is -1.63. The SMILES string of the molecule is Cc1nc(CN2CCN(C(=O)C(C)Oc3ccc(Cl)cc3)CC2)cs1. The number of benzene rings is 1. The highest BCUT2D eigenvalue weighted by Gasteiger charge is 2.26. The summed E-state index contributed by atoms with van der Waals surface area (Å²) in [5.74, 6) is 0.682. The molecule has 2 heterocycles. The number of carbonyl (C=O) groups is 1. The molecule has 0 bridgehead atoms. The van der Waals surface area contributed by atoms with Gasteiger partial charge in [-0.25, -0.2) is 4.98 Å². The first kappa shape index (κ1) is 18.2. The molecule has 0 N–H and O–H groups in total. The van der Waals surface area contributed by atoms with Crippen LogP contribution in [0.2, 0.25) is 5.02 Å². The molecule has 0 saturated carbocycles. The number of halogens is 1. The Morgan fingerprint density at radius 1 is 1.28 bits per heavy atom. The Bertz CT molecular complexity index is 711. The van der Waals surface area contributed by atoms with Gasteiger partial charge in [-0.3, -0.25) is 9.69 Å². The fourth-order valence-electron chi connectivity index (χ4n) is 2.86. The topological polar surface area (TPSA) is 45.7 Å². The molecule has 5 nitrogen and oxygen atoms in total. The summed E-state index contributed by atoms with van der Waals surface area (Å²) in [5, 5.41) is 3.85. The van der Waals surface area contributed by atoms with Gasteiger partial charge in [0.2, 0.25) is 0 Å². The first-order valence-corrected chi connectivity index (χ1v) is 9.61. The lowest BCUT2D eigenvalue weighted by Crippen LogP contribution is -2.51. The molecule has 0 radical (unpaired) electrons. The third-order valence-electron chi connectivity index (χ3n) is 4.21. The van der Waals surface area contributed by atoms with Crippen molar-refractivity contribution in [2.24, 2.45) is 0 Å². The van der Waals surface area contributed by atoms with Gasteiger partial charge in [0.05, 0.1) is 10.7 Å². The molecule has 3 rings (SSSR count). The highest BCUT2D eigenvalue weighted by Crippen LogP contribution is 2.18. The van der Waals surface area contributed by atoms with Crippen LogP contribution in [-0.4, -0.2) is 53.0 Å². The maximum Gasteiger partial charge on any atom is 0.263 e. The molecule has 2 aromatic rings. The second kappa shape index (κ2) is 8.17. The van der Waals surface area contributed by atoms with Gasteiger partial charge >= 0.3 is 0 Å². The van der Waals surface area contributed by atoms with Crippen LogP contribution in [0.1, 0.15) is 17.6 Å². The molecule has 0 aliphatic carbocycles. The van der Waals surface area contributed by atoms with Gasteiger partial charge in [0.15, 0.2) is 6.10 Å². The van der Waals surface area contributed by atoms with Crippen LogP contribution in [0.15, 0.2) is 29.6 Å². The van der Waals surface area contributed by atoms with Crippen LogP contribution in [0.25, 0.3) is 0 Å². The van der Waals surface area contributed by atoms with Crippen molar-refractivity contribution in [1.29, 1.82) is 0 Å².